The molecule has 1 atom stereocenters. The summed E-state index contributed by atoms with van der Waals surface area (Å²) >= 11 is 9.50. The summed E-state index contributed by atoms with van der Waals surface area (Å²) < 4.78 is 11.6. The number of amides is 2. The molecule has 2 amide bonds. The first-order valence-electron chi connectivity index (χ1n) is 9.63. The third kappa shape index (κ3) is 6.92. The number of halogens is 2. The van der Waals surface area contributed by atoms with Gasteiger partial charge in [-0.1, -0.05) is 46.6 Å². The van der Waals surface area contributed by atoms with Crippen molar-refractivity contribution in [2.24, 2.45) is 0 Å². The Morgan fingerprint density at radius 3 is 2.50 bits per heavy atom. The van der Waals surface area contributed by atoms with E-state index in [4.69, 9.17) is 21.1 Å². The predicted molar refractivity (Wildman–Crippen MR) is 121 cm³/mol. The van der Waals surface area contributed by atoms with Crippen LogP contribution in [0.25, 0.3) is 0 Å². The number of nitrogens with zero attached hydrogens (tertiary/aromatic N) is 1. The van der Waals surface area contributed by atoms with Gasteiger partial charge in [-0.25, -0.2) is 0 Å². The minimum absolute atomic E-state index is 0.208. The van der Waals surface area contributed by atoms with Crippen molar-refractivity contribution in [2.45, 2.75) is 32.9 Å². The van der Waals surface area contributed by atoms with Crippen LogP contribution in [0.4, 0.5) is 0 Å². The number of nitrogens with one attached hydrogen (secondary N) is 1. The van der Waals surface area contributed by atoms with Crippen molar-refractivity contribution in [3.05, 3.63) is 57.5 Å². The monoisotopic (exact) mass is 496 g/mol. The summed E-state index contributed by atoms with van der Waals surface area (Å²) in [5, 5.41) is 3.24. The molecule has 0 saturated heterocycles. The molecular weight excluding hydrogens is 472 g/mol. The van der Waals surface area contributed by atoms with Crippen molar-refractivity contribution in [2.75, 3.05) is 20.3 Å². The zero-order chi connectivity index (χ0) is 22.1. The van der Waals surface area contributed by atoms with E-state index in [1.165, 1.54) is 4.90 Å². The van der Waals surface area contributed by atoms with Gasteiger partial charge in [0.05, 0.1) is 12.1 Å². The molecule has 8 heteroatoms. The van der Waals surface area contributed by atoms with Crippen LogP contribution in [-0.4, -0.2) is 43.0 Å². The Hall–Kier alpha value is -2.25. The summed E-state index contributed by atoms with van der Waals surface area (Å²) in [6.45, 7) is 4.27. The minimum atomic E-state index is -0.657. The van der Waals surface area contributed by atoms with Crippen molar-refractivity contribution in [1.29, 1.82) is 0 Å². The highest BCUT2D eigenvalue weighted by atomic mass is 79.9. The number of carbonyl (C=O) groups is 2. The maximum atomic E-state index is 13.0. The number of carbonyl (C=O) groups excluding carboxylic acids is 2. The molecule has 0 radical (unpaired) electrons. The Labute approximate surface area is 190 Å². The molecule has 1 N–H and O–H groups in total. The molecular formula is C22H26BrClN2O4. The van der Waals surface area contributed by atoms with E-state index in [2.05, 4.69) is 21.2 Å². The van der Waals surface area contributed by atoms with E-state index in [1.54, 1.807) is 32.2 Å². The SMILES string of the molecule is CCCNC(=O)C(C)N(Cc1ccc(OC)cc1)C(=O)COc1ccc(Br)cc1Cl. The Kier molecular flexibility index (Phi) is 9.46. The quantitative estimate of drug-likeness (QED) is 0.527. The molecule has 2 aromatic rings. The number of benzene rings is 2. The lowest BCUT2D eigenvalue weighted by molar-refractivity contribution is -0.142. The normalized spacial score (nSPS) is 11.5. The third-order valence-corrected chi connectivity index (χ3v) is 5.26. The molecule has 2 rings (SSSR count). The lowest BCUT2D eigenvalue weighted by Crippen LogP contribution is -2.49. The van der Waals surface area contributed by atoms with Crippen molar-refractivity contribution in [3.8, 4) is 11.5 Å². The van der Waals surface area contributed by atoms with E-state index < -0.39 is 6.04 Å². The average Bonchev–Trinajstić information content (AvgIpc) is 2.74. The minimum Gasteiger partial charge on any atom is -0.497 e. The van der Waals surface area contributed by atoms with Crippen molar-refractivity contribution in [3.63, 3.8) is 0 Å². The highest BCUT2D eigenvalue weighted by molar-refractivity contribution is 9.10. The van der Waals surface area contributed by atoms with Crippen LogP contribution in [0.3, 0.4) is 0 Å². The molecule has 0 saturated carbocycles. The van der Waals surface area contributed by atoms with Gasteiger partial charge in [0.1, 0.15) is 17.5 Å². The fourth-order valence-electron chi connectivity index (χ4n) is 2.72. The number of ether oxygens (including phenoxy) is 2. The zero-order valence-electron chi connectivity index (χ0n) is 17.3. The van der Waals surface area contributed by atoms with Gasteiger partial charge in [0.15, 0.2) is 6.61 Å². The van der Waals surface area contributed by atoms with Gasteiger partial charge in [-0.2, -0.15) is 0 Å². The summed E-state index contributed by atoms with van der Waals surface area (Å²) in [6, 6.07) is 11.9. The van der Waals surface area contributed by atoms with Crippen LogP contribution in [-0.2, 0) is 16.1 Å². The first-order chi connectivity index (χ1) is 14.3. The summed E-state index contributed by atoms with van der Waals surface area (Å²) in [4.78, 5) is 27.0. The van der Waals surface area contributed by atoms with E-state index in [-0.39, 0.29) is 25.0 Å². The van der Waals surface area contributed by atoms with E-state index in [0.717, 1.165) is 22.2 Å². The van der Waals surface area contributed by atoms with Gasteiger partial charge in [0, 0.05) is 17.6 Å². The van der Waals surface area contributed by atoms with Crippen LogP contribution in [0.15, 0.2) is 46.9 Å². The second-order valence-corrected chi connectivity index (χ2v) is 8.02. The van der Waals surface area contributed by atoms with Gasteiger partial charge < -0.3 is 19.7 Å². The van der Waals surface area contributed by atoms with Gasteiger partial charge in [0.25, 0.3) is 5.91 Å². The summed E-state index contributed by atoms with van der Waals surface area (Å²) in [7, 11) is 1.59. The van der Waals surface area contributed by atoms with Gasteiger partial charge >= 0.3 is 0 Å². The van der Waals surface area contributed by atoms with Gasteiger partial charge in [-0.05, 0) is 49.2 Å². The largest absolute Gasteiger partial charge is 0.497 e. The third-order valence-electron chi connectivity index (χ3n) is 4.47. The molecule has 30 heavy (non-hydrogen) atoms. The summed E-state index contributed by atoms with van der Waals surface area (Å²) in [6.07, 6.45) is 0.816. The lowest BCUT2D eigenvalue weighted by Gasteiger charge is -2.28. The molecule has 6 nitrogen and oxygen atoms in total. The van der Waals surface area contributed by atoms with Crippen LogP contribution in [0.1, 0.15) is 25.8 Å². The van der Waals surface area contributed by atoms with Gasteiger partial charge in [-0.15, -0.1) is 0 Å². The van der Waals surface area contributed by atoms with E-state index >= 15 is 0 Å². The topological polar surface area (TPSA) is 67.9 Å². The summed E-state index contributed by atoms with van der Waals surface area (Å²) in [5.74, 6) is 0.601. The van der Waals surface area contributed by atoms with Crippen molar-refractivity contribution < 1.29 is 19.1 Å². The van der Waals surface area contributed by atoms with Crippen molar-refractivity contribution in [1.82, 2.24) is 10.2 Å². The first-order valence-corrected chi connectivity index (χ1v) is 10.8. The molecule has 2 aromatic carbocycles. The van der Waals surface area contributed by atoms with Crippen LogP contribution in [0.5, 0.6) is 11.5 Å². The molecule has 162 valence electrons. The second kappa shape index (κ2) is 11.8. The van der Waals surface area contributed by atoms with E-state index in [0.29, 0.717) is 17.3 Å². The molecule has 1 unspecified atom stereocenters. The Morgan fingerprint density at radius 1 is 1.20 bits per heavy atom. The second-order valence-electron chi connectivity index (χ2n) is 6.70. The van der Waals surface area contributed by atoms with Gasteiger partial charge in [0.2, 0.25) is 5.91 Å². The predicted octanol–water partition coefficient (Wildman–Crippen LogP) is 4.43. The number of methoxy groups -OCH3 is 1. The van der Waals surface area contributed by atoms with Gasteiger partial charge in [-0.3, -0.25) is 9.59 Å². The fourth-order valence-corrected chi connectivity index (χ4v) is 3.45. The number of hydrogen-bond donors (Lipinski definition) is 1. The van der Waals surface area contributed by atoms with Crippen molar-refractivity contribution >= 4 is 39.3 Å². The molecule has 0 heterocycles. The van der Waals surface area contributed by atoms with E-state index in [9.17, 15) is 9.59 Å². The molecule has 0 aromatic heterocycles. The highest BCUT2D eigenvalue weighted by Crippen LogP contribution is 2.27. The fraction of sp³-hybridized carbons (Fsp3) is 0.364. The smallest absolute Gasteiger partial charge is 0.261 e. The number of hydrogen-bond acceptors (Lipinski definition) is 4. The van der Waals surface area contributed by atoms with Crippen LogP contribution >= 0.6 is 27.5 Å². The molecule has 0 aliphatic heterocycles. The lowest BCUT2D eigenvalue weighted by atomic mass is 10.1. The molecule has 0 fully saturated rings. The molecule has 0 bridgehead atoms. The Morgan fingerprint density at radius 2 is 1.90 bits per heavy atom. The highest BCUT2D eigenvalue weighted by Gasteiger charge is 2.26. The summed E-state index contributed by atoms with van der Waals surface area (Å²) in [5.41, 5.74) is 0.876. The Bertz CT molecular complexity index is 861. The zero-order valence-corrected chi connectivity index (χ0v) is 19.6. The van der Waals surface area contributed by atoms with E-state index in [1.807, 2.05) is 31.2 Å². The molecule has 0 aliphatic rings. The number of rotatable bonds is 10. The van der Waals surface area contributed by atoms with Crippen LogP contribution in [0, 0.1) is 0 Å². The first kappa shape index (κ1) is 24.0. The van der Waals surface area contributed by atoms with Crippen LogP contribution < -0.4 is 14.8 Å². The maximum absolute atomic E-state index is 13.0. The van der Waals surface area contributed by atoms with Crippen LogP contribution in [0.2, 0.25) is 5.02 Å². The molecule has 0 spiro atoms. The average molecular weight is 498 g/mol. The molecule has 0 aliphatic carbocycles. The maximum Gasteiger partial charge on any atom is 0.261 e. The standard InChI is InChI=1S/C22H26BrClN2O4/c1-4-11-25-22(28)15(2)26(13-16-5-8-18(29-3)9-6-16)21(27)14-30-20-10-7-17(23)12-19(20)24/h5-10,12,15H,4,11,13-14H2,1-3H3,(H,25,28). The Balaban J connectivity index is 2.15.